The number of hydrogen-bond donors (Lipinski definition) is 0. The van der Waals surface area contributed by atoms with Gasteiger partial charge in [0.2, 0.25) is 0 Å². The van der Waals surface area contributed by atoms with Gasteiger partial charge in [0.05, 0.1) is 5.69 Å². The van der Waals surface area contributed by atoms with Crippen molar-refractivity contribution in [3.63, 3.8) is 0 Å². The average molecular weight is 146 g/mol. The van der Waals surface area contributed by atoms with Crippen molar-refractivity contribution in [1.29, 1.82) is 0 Å². The summed E-state index contributed by atoms with van der Waals surface area (Å²) in [4.78, 5) is 3.90. The van der Waals surface area contributed by atoms with E-state index in [1.54, 1.807) is 25.0 Å². The Morgan fingerprint density at radius 1 is 1.00 bits per heavy atom. The summed E-state index contributed by atoms with van der Waals surface area (Å²) >= 11 is 0. The lowest BCUT2D eigenvalue weighted by molar-refractivity contribution is 1.05. The van der Waals surface area contributed by atoms with E-state index in [1.165, 1.54) is 0 Å². The van der Waals surface area contributed by atoms with E-state index in [0.29, 0.717) is 0 Å². The van der Waals surface area contributed by atoms with Gasteiger partial charge in [0.15, 0.2) is 0 Å². The van der Waals surface area contributed by atoms with Crippen LogP contribution in [0, 0.1) is 0 Å². The van der Waals surface area contributed by atoms with Crippen LogP contribution in [0.2, 0.25) is 0 Å². The van der Waals surface area contributed by atoms with Gasteiger partial charge in [-0.1, -0.05) is 0 Å². The average Bonchev–Trinajstić information content (AvgIpc) is 2.58. The minimum absolute atomic E-state index is 1.02. The molecule has 4 heteroatoms. The van der Waals surface area contributed by atoms with Gasteiger partial charge in [0.25, 0.3) is 0 Å². The maximum atomic E-state index is 3.90. The van der Waals surface area contributed by atoms with Gasteiger partial charge < -0.3 is 0 Å². The Balaban J connectivity index is 2.46. The number of nitrogens with zero attached hydrogens (tertiary/aromatic N) is 4. The smallest absolute Gasteiger partial charge is 0.123 e. The largest absolute Gasteiger partial charge is 0.288 e. The van der Waals surface area contributed by atoms with Gasteiger partial charge in [0.1, 0.15) is 12.7 Å². The molecule has 2 rings (SSSR count). The molecular formula is C7H6N4. The predicted octanol–water partition coefficient (Wildman–Crippen LogP) is 0.662. The molecular weight excluding hydrogens is 140 g/mol. The molecule has 0 saturated heterocycles. The van der Waals surface area contributed by atoms with E-state index in [9.17, 15) is 0 Å². The molecule has 54 valence electrons. The van der Waals surface area contributed by atoms with Crippen LogP contribution in [0.3, 0.4) is 0 Å². The second kappa shape index (κ2) is 2.49. The number of rotatable bonds is 1. The van der Waals surface area contributed by atoms with Crippen LogP contribution in [0.25, 0.3) is 5.69 Å². The highest BCUT2D eigenvalue weighted by Gasteiger charge is 1.91. The van der Waals surface area contributed by atoms with Gasteiger partial charge in [-0.05, 0) is 12.1 Å². The lowest BCUT2D eigenvalue weighted by atomic mass is 10.4. The van der Waals surface area contributed by atoms with Gasteiger partial charge in [-0.2, -0.15) is 0 Å². The molecule has 0 aliphatic carbocycles. The van der Waals surface area contributed by atoms with E-state index >= 15 is 0 Å². The molecule has 0 saturated carbocycles. The Kier molecular flexibility index (Phi) is 1.37. The van der Waals surface area contributed by atoms with Crippen LogP contribution in [0.15, 0.2) is 37.2 Å². The first-order chi connectivity index (χ1) is 5.47. The summed E-state index contributed by atoms with van der Waals surface area (Å²) < 4.78 is 1.82. The summed E-state index contributed by atoms with van der Waals surface area (Å²) in [6.45, 7) is 0. The lowest BCUT2D eigenvalue weighted by Gasteiger charge is -1.96. The summed E-state index contributed by atoms with van der Waals surface area (Å²) in [6.07, 6.45) is 6.76. The van der Waals surface area contributed by atoms with Crippen molar-refractivity contribution in [2.24, 2.45) is 0 Å². The molecule has 0 amide bonds. The highest BCUT2D eigenvalue weighted by atomic mass is 15.2. The van der Waals surface area contributed by atoms with E-state index in [-0.39, 0.29) is 0 Å². The van der Waals surface area contributed by atoms with Crippen LogP contribution in [0.1, 0.15) is 0 Å². The minimum Gasteiger partial charge on any atom is -0.288 e. The van der Waals surface area contributed by atoms with Gasteiger partial charge in [0, 0.05) is 12.4 Å². The second-order valence-electron chi connectivity index (χ2n) is 2.07. The molecule has 0 atom stereocenters. The first-order valence-electron chi connectivity index (χ1n) is 3.22. The SMILES string of the molecule is c1cc(-n2cnnc2)ccn1. The Bertz CT molecular complexity index is 313. The highest BCUT2D eigenvalue weighted by molar-refractivity contribution is 5.27. The molecule has 2 aromatic rings. The van der Waals surface area contributed by atoms with Crippen molar-refractivity contribution in [3.05, 3.63) is 37.2 Å². The number of hydrogen-bond acceptors (Lipinski definition) is 3. The quantitative estimate of drug-likeness (QED) is 0.593. The zero-order valence-electron chi connectivity index (χ0n) is 5.75. The summed E-state index contributed by atoms with van der Waals surface area (Å²) in [5.41, 5.74) is 1.02. The van der Waals surface area contributed by atoms with Crippen molar-refractivity contribution >= 4 is 0 Å². The number of aromatic nitrogens is 4. The van der Waals surface area contributed by atoms with Crippen molar-refractivity contribution < 1.29 is 0 Å². The second-order valence-corrected chi connectivity index (χ2v) is 2.07. The summed E-state index contributed by atoms with van der Waals surface area (Å²) in [6, 6.07) is 3.78. The van der Waals surface area contributed by atoms with Crippen LogP contribution in [0.5, 0.6) is 0 Å². The van der Waals surface area contributed by atoms with Crippen LogP contribution in [0.4, 0.5) is 0 Å². The summed E-state index contributed by atoms with van der Waals surface area (Å²) in [7, 11) is 0. The van der Waals surface area contributed by atoms with Crippen molar-refractivity contribution in [2.45, 2.75) is 0 Å². The van der Waals surface area contributed by atoms with Crippen molar-refractivity contribution in [2.75, 3.05) is 0 Å². The molecule has 0 aliphatic rings. The van der Waals surface area contributed by atoms with Crippen molar-refractivity contribution in [3.8, 4) is 5.69 Å². The van der Waals surface area contributed by atoms with Crippen LogP contribution < -0.4 is 0 Å². The molecule has 0 aliphatic heterocycles. The third kappa shape index (κ3) is 1.10. The summed E-state index contributed by atoms with van der Waals surface area (Å²) in [5.74, 6) is 0. The van der Waals surface area contributed by atoms with E-state index in [2.05, 4.69) is 15.2 Å². The van der Waals surface area contributed by atoms with Gasteiger partial charge in [-0.15, -0.1) is 10.2 Å². The first kappa shape index (κ1) is 6.03. The van der Waals surface area contributed by atoms with E-state index in [4.69, 9.17) is 0 Å². The monoisotopic (exact) mass is 146 g/mol. The van der Waals surface area contributed by atoms with E-state index in [1.807, 2.05) is 16.7 Å². The molecule has 2 heterocycles. The first-order valence-corrected chi connectivity index (χ1v) is 3.22. The number of pyridine rings is 1. The minimum atomic E-state index is 1.02. The normalized spacial score (nSPS) is 9.82. The third-order valence-corrected chi connectivity index (χ3v) is 1.38. The van der Waals surface area contributed by atoms with Crippen molar-refractivity contribution in [1.82, 2.24) is 19.7 Å². The maximum Gasteiger partial charge on any atom is 0.123 e. The fourth-order valence-electron chi connectivity index (χ4n) is 0.850. The van der Waals surface area contributed by atoms with Gasteiger partial charge >= 0.3 is 0 Å². The zero-order valence-corrected chi connectivity index (χ0v) is 5.75. The molecule has 0 N–H and O–H groups in total. The Hall–Kier alpha value is -1.71. The molecule has 0 bridgehead atoms. The molecule has 4 nitrogen and oxygen atoms in total. The standard InChI is InChI=1S/C7H6N4/c1-3-8-4-2-7(1)11-5-9-10-6-11/h1-6H. The van der Waals surface area contributed by atoms with Crippen LogP contribution >= 0.6 is 0 Å². The Morgan fingerprint density at radius 3 is 2.27 bits per heavy atom. The molecule has 0 unspecified atom stereocenters. The Labute approximate surface area is 63.5 Å². The van der Waals surface area contributed by atoms with Crippen LogP contribution in [-0.4, -0.2) is 19.7 Å². The molecule has 11 heavy (non-hydrogen) atoms. The molecule has 0 fully saturated rings. The zero-order chi connectivity index (χ0) is 7.52. The van der Waals surface area contributed by atoms with Crippen LogP contribution in [-0.2, 0) is 0 Å². The van der Waals surface area contributed by atoms with E-state index < -0.39 is 0 Å². The fraction of sp³-hybridized carbons (Fsp3) is 0. The topological polar surface area (TPSA) is 43.6 Å². The van der Waals surface area contributed by atoms with Gasteiger partial charge in [-0.25, -0.2) is 0 Å². The lowest BCUT2D eigenvalue weighted by Crippen LogP contribution is -1.88. The fourth-order valence-corrected chi connectivity index (χ4v) is 0.850. The molecule has 2 aromatic heterocycles. The molecule has 0 spiro atoms. The highest BCUT2D eigenvalue weighted by Crippen LogP contribution is 2.01. The molecule has 0 radical (unpaired) electrons. The summed E-state index contributed by atoms with van der Waals surface area (Å²) in [5, 5.41) is 7.38. The maximum absolute atomic E-state index is 3.90. The Morgan fingerprint density at radius 2 is 1.64 bits per heavy atom. The van der Waals surface area contributed by atoms with Gasteiger partial charge in [-0.3, -0.25) is 9.55 Å². The predicted molar refractivity (Wildman–Crippen MR) is 39.2 cm³/mol. The third-order valence-electron chi connectivity index (χ3n) is 1.38. The molecule has 0 aromatic carbocycles. The van der Waals surface area contributed by atoms with E-state index in [0.717, 1.165) is 5.69 Å².